The molecule has 0 amide bonds. The van der Waals surface area contributed by atoms with Crippen LogP contribution in [0.25, 0.3) is 0 Å². The number of fused-ring (bicyclic) bond motifs is 1. The topological polar surface area (TPSA) is 21.5 Å². The quantitative estimate of drug-likeness (QED) is 0.681. The van der Waals surface area contributed by atoms with Crippen LogP contribution < -0.4 is 9.47 Å². The van der Waals surface area contributed by atoms with Crippen molar-refractivity contribution in [3.8, 4) is 11.5 Å². The third-order valence-corrected chi connectivity index (χ3v) is 2.75. The molecule has 15 heavy (non-hydrogen) atoms. The average Bonchev–Trinajstić information content (AvgIpc) is 2.26. The molecule has 0 atom stereocenters. The number of methoxy groups -OCH3 is 2. The molecule has 0 spiro atoms. The van der Waals surface area contributed by atoms with Crippen molar-refractivity contribution in [3.05, 3.63) is 23.3 Å². The Morgan fingerprint density at radius 2 is 2.00 bits per heavy atom. The van der Waals surface area contributed by atoms with Crippen LogP contribution in [0.4, 0.5) is 0 Å². The molecule has 3 heteroatoms. The first kappa shape index (κ1) is 10.0. The first-order chi connectivity index (χ1) is 7.24. The molecule has 0 bridgehead atoms. The van der Waals surface area contributed by atoms with Gasteiger partial charge in [0.05, 0.1) is 14.2 Å². The van der Waals surface area contributed by atoms with Crippen molar-refractivity contribution in [2.24, 2.45) is 0 Å². The Bertz CT molecular complexity index is 410. The van der Waals surface area contributed by atoms with Crippen LogP contribution in [0.3, 0.4) is 0 Å². The van der Waals surface area contributed by atoms with Gasteiger partial charge in [-0.15, -0.1) is 0 Å². The molecule has 1 aliphatic rings. The van der Waals surface area contributed by atoms with Gasteiger partial charge in [-0.3, -0.25) is 0 Å². The van der Waals surface area contributed by atoms with E-state index >= 15 is 0 Å². The number of hydrogen-bond acceptors (Lipinski definition) is 2. The maximum atomic E-state index is 5.37. The molecule has 0 N–H and O–H groups in total. The zero-order valence-corrected chi connectivity index (χ0v) is 9.41. The van der Waals surface area contributed by atoms with Gasteiger partial charge < -0.3 is 9.47 Å². The fourth-order valence-corrected chi connectivity index (χ4v) is 1.91. The average molecular weight is 206 g/mol. The van der Waals surface area contributed by atoms with Crippen LogP contribution in [-0.4, -0.2) is 38.6 Å². The lowest BCUT2D eigenvalue weighted by molar-refractivity contribution is -0.493. The van der Waals surface area contributed by atoms with Crippen LogP contribution in [0, 0.1) is 0 Å². The van der Waals surface area contributed by atoms with Crippen molar-refractivity contribution < 1.29 is 14.0 Å². The SMILES string of the molecule is COc1cc2c(c(OC)c1)CC[N+](C)=C2. The maximum absolute atomic E-state index is 5.37. The summed E-state index contributed by atoms with van der Waals surface area (Å²) in [6.07, 6.45) is 3.15. The Kier molecular flexibility index (Phi) is 2.62. The largest absolute Gasteiger partial charge is 0.497 e. The van der Waals surface area contributed by atoms with E-state index in [9.17, 15) is 0 Å². The van der Waals surface area contributed by atoms with Crippen molar-refractivity contribution in [1.82, 2.24) is 0 Å². The van der Waals surface area contributed by atoms with Crippen molar-refractivity contribution in [2.45, 2.75) is 6.42 Å². The second-order valence-corrected chi connectivity index (χ2v) is 3.76. The first-order valence-corrected chi connectivity index (χ1v) is 5.04. The van der Waals surface area contributed by atoms with E-state index in [-0.39, 0.29) is 0 Å². The van der Waals surface area contributed by atoms with E-state index in [2.05, 4.69) is 17.8 Å². The van der Waals surface area contributed by atoms with Crippen LogP contribution in [0.5, 0.6) is 11.5 Å². The fraction of sp³-hybridized carbons (Fsp3) is 0.417. The van der Waals surface area contributed by atoms with E-state index in [0.29, 0.717) is 0 Å². The van der Waals surface area contributed by atoms with Crippen molar-refractivity contribution in [1.29, 1.82) is 0 Å². The molecular weight excluding hydrogens is 190 g/mol. The minimum absolute atomic E-state index is 0.845. The molecule has 3 nitrogen and oxygen atoms in total. The lowest BCUT2D eigenvalue weighted by Crippen LogP contribution is -2.19. The van der Waals surface area contributed by atoms with Gasteiger partial charge in [0.15, 0.2) is 6.21 Å². The van der Waals surface area contributed by atoms with Crippen LogP contribution >= 0.6 is 0 Å². The highest BCUT2D eigenvalue weighted by molar-refractivity contribution is 5.81. The summed E-state index contributed by atoms with van der Waals surface area (Å²) in [5, 5.41) is 0. The second kappa shape index (κ2) is 3.93. The standard InChI is InChI=1S/C12H16NO2/c1-13-5-4-11-9(8-13)6-10(14-2)7-12(11)15-3/h6-8H,4-5H2,1-3H3/q+1. The molecule has 0 saturated heterocycles. The summed E-state index contributed by atoms with van der Waals surface area (Å²) in [7, 11) is 5.45. The van der Waals surface area contributed by atoms with E-state index in [1.165, 1.54) is 11.1 Å². The van der Waals surface area contributed by atoms with Crippen LogP contribution in [0.1, 0.15) is 11.1 Å². The number of benzene rings is 1. The van der Waals surface area contributed by atoms with Gasteiger partial charge in [0, 0.05) is 23.6 Å². The maximum Gasteiger partial charge on any atom is 0.171 e. The highest BCUT2D eigenvalue weighted by Gasteiger charge is 2.18. The second-order valence-electron chi connectivity index (χ2n) is 3.76. The van der Waals surface area contributed by atoms with Gasteiger partial charge in [-0.05, 0) is 6.07 Å². The molecule has 1 heterocycles. The highest BCUT2D eigenvalue weighted by Crippen LogP contribution is 2.29. The lowest BCUT2D eigenvalue weighted by atomic mass is 10.0. The molecule has 1 aromatic rings. The molecule has 0 unspecified atom stereocenters. The highest BCUT2D eigenvalue weighted by atomic mass is 16.5. The van der Waals surface area contributed by atoms with Gasteiger partial charge in [-0.1, -0.05) is 0 Å². The van der Waals surface area contributed by atoms with Gasteiger partial charge in [0.2, 0.25) is 0 Å². The van der Waals surface area contributed by atoms with Crippen molar-refractivity contribution in [3.63, 3.8) is 0 Å². The molecule has 0 aliphatic carbocycles. The molecule has 1 aliphatic heterocycles. The first-order valence-electron chi connectivity index (χ1n) is 5.04. The fourth-order valence-electron chi connectivity index (χ4n) is 1.91. The minimum Gasteiger partial charge on any atom is -0.497 e. The zero-order valence-electron chi connectivity index (χ0n) is 9.41. The molecule has 0 saturated carbocycles. The Balaban J connectivity index is 2.55. The summed E-state index contributed by atoms with van der Waals surface area (Å²) >= 11 is 0. The monoisotopic (exact) mass is 206 g/mol. The van der Waals surface area contributed by atoms with Gasteiger partial charge in [-0.2, -0.15) is 0 Å². The number of ether oxygens (including phenoxy) is 2. The summed E-state index contributed by atoms with van der Waals surface area (Å²) in [4.78, 5) is 0. The lowest BCUT2D eigenvalue weighted by Gasteiger charge is -2.15. The smallest absolute Gasteiger partial charge is 0.171 e. The summed E-state index contributed by atoms with van der Waals surface area (Å²) in [6, 6.07) is 3.99. The van der Waals surface area contributed by atoms with Crippen LogP contribution in [0.15, 0.2) is 12.1 Å². The van der Waals surface area contributed by atoms with Gasteiger partial charge in [0.25, 0.3) is 0 Å². The van der Waals surface area contributed by atoms with Crippen molar-refractivity contribution >= 4 is 6.21 Å². The summed E-state index contributed by atoms with van der Waals surface area (Å²) in [5.41, 5.74) is 2.47. The Hall–Kier alpha value is -1.51. The van der Waals surface area contributed by atoms with Crippen molar-refractivity contribution in [2.75, 3.05) is 27.8 Å². The van der Waals surface area contributed by atoms with Crippen LogP contribution in [0.2, 0.25) is 0 Å². The predicted molar refractivity (Wildman–Crippen MR) is 59.5 cm³/mol. The van der Waals surface area contributed by atoms with Gasteiger partial charge in [0.1, 0.15) is 25.1 Å². The summed E-state index contributed by atoms with van der Waals surface area (Å²) in [6.45, 7) is 1.04. The Labute approximate surface area is 89.9 Å². The Morgan fingerprint density at radius 1 is 1.20 bits per heavy atom. The third kappa shape index (κ3) is 1.82. The molecule has 80 valence electrons. The number of hydrogen-bond donors (Lipinski definition) is 0. The molecule has 0 fully saturated rings. The summed E-state index contributed by atoms with van der Waals surface area (Å²) in [5.74, 6) is 1.77. The predicted octanol–water partition coefficient (Wildman–Crippen LogP) is 1.32. The third-order valence-electron chi connectivity index (χ3n) is 2.75. The summed E-state index contributed by atoms with van der Waals surface area (Å²) < 4.78 is 12.8. The Morgan fingerprint density at radius 3 is 2.67 bits per heavy atom. The zero-order chi connectivity index (χ0) is 10.8. The van der Waals surface area contributed by atoms with E-state index < -0.39 is 0 Å². The van der Waals surface area contributed by atoms with E-state index in [0.717, 1.165) is 24.5 Å². The van der Waals surface area contributed by atoms with Gasteiger partial charge in [-0.25, -0.2) is 4.58 Å². The minimum atomic E-state index is 0.845. The molecular formula is C12H16NO2+. The normalized spacial score (nSPS) is 14.2. The number of likely N-dealkylation sites (N-methyl/N-ethyl adjacent to an activating group) is 1. The van der Waals surface area contributed by atoms with Gasteiger partial charge >= 0.3 is 0 Å². The molecule has 0 radical (unpaired) electrons. The molecule has 0 aromatic heterocycles. The molecule has 1 aromatic carbocycles. The van der Waals surface area contributed by atoms with E-state index in [4.69, 9.17) is 9.47 Å². The van der Waals surface area contributed by atoms with E-state index in [1.54, 1.807) is 14.2 Å². The van der Waals surface area contributed by atoms with Crippen LogP contribution in [-0.2, 0) is 6.42 Å². The number of rotatable bonds is 2. The number of nitrogens with zero attached hydrogens (tertiary/aromatic N) is 1. The van der Waals surface area contributed by atoms with E-state index in [1.807, 2.05) is 12.1 Å². The molecule has 2 rings (SSSR count).